The topological polar surface area (TPSA) is 59.3 Å². The molecule has 0 saturated heterocycles. The van der Waals surface area contributed by atoms with Gasteiger partial charge in [-0.1, -0.05) is 11.6 Å². The van der Waals surface area contributed by atoms with Crippen LogP contribution in [-0.4, -0.2) is 19.2 Å². The lowest BCUT2D eigenvalue weighted by Gasteiger charge is -2.10. The van der Waals surface area contributed by atoms with Gasteiger partial charge in [-0.15, -0.1) is 0 Å². The van der Waals surface area contributed by atoms with Crippen LogP contribution in [0.1, 0.15) is 18.1 Å². The zero-order valence-corrected chi connectivity index (χ0v) is 10.7. The molecule has 19 heavy (non-hydrogen) atoms. The second-order valence-electron chi connectivity index (χ2n) is 3.41. The molecule has 0 fully saturated rings. The van der Waals surface area contributed by atoms with Gasteiger partial charge in [-0.05, 0) is 24.6 Å². The van der Waals surface area contributed by atoms with Crippen LogP contribution in [0.4, 0.5) is 8.78 Å². The Morgan fingerprint density at radius 1 is 1.53 bits per heavy atom. The van der Waals surface area contributed by atoms with E-state index in [-0.39, 0.29) is 29.4 Å². The van der Waals surface area contributed by atoms with Crippen molar-refractivity contribution < 1.29 is 23.0 Å². The summed E-state index contributed by atoms with van der Waals surface area (Å²) in [6, 6.07) is 4.11. The first-order valence-electron chi connectivity index (χ1n) is 5.30. The van der Waals surface area contributed by atoms with Crippen molar-refractivity contribution in [2.75, 3.05) is 6.61 Å². The fourth-order valence-corrected chi connectivity index (χ4v) is 1.63. The Morgan fingerprint density at radius 2 is 2.21 bits per heavy atom. The predicted molar refractivity (Wildman–Crippen MR) is 63.1 cm³/mol. The summed E-state index contributed by atoms with van der Waals surface area (Å²) in [5.41, 5.74) is 0.334. The maximum Gasteiger partial charge on any atom is 0.387 e. The lowest BCUT2D eigenvalue weighted by atomic mass is 10.1. The van der Waals surface area contributed by atoms with Crippen molar-refractivity contribution in [1.82, 2.24) is 0 Å². The first kappa shape index (κ1) is 15.2. The molecule has 0 heterocycles. The minimum absolute atomic E-state index is 0.0353. The summed E-state index contributed by atoms with van der Waals surface area (Å²) < 4.78 is 33.1. The number of nitrogens with zero attached hydrogens (tertiary/aromatic N) is 1. The number of halogens is 3. The van der Waals surface area contributed by atoms with E-state index in [2.05, 4.69) is 4.74 Å². The molecule has 0 radical (unpaired) electrons. The molecule has 0 saturated carbocycles. The smallest absolute Gasteiger partial charge is 0.387 e. The summed E-state index contributed by atoms with van der Waals surface area (Å²) in [5.74, 6) is -0.835. The average molecular weight is 290 g/mol. The fourth-order valence-electron chi connectivity index (χ4n) is 1.40. The third-order valence-corrected chi connectivity index (χ3v) is 2.43. The minimum Gasteiger partial charge on any atom is -0.466 e. The second-order valence-corrected chi connectivity index (χ2v) is 3.82. The molecule has 7 heteroatoms. The van der Waals surface area contributed by atoms with Crippen LogP contribution in [0.25, 0.3) is 0 Å². The molecule has 0 N–H and O–H groups in total. The standard InChI is InChI=1S/C12H10ClF2NO3/c1-2-18-11(17)5-7-3-9(13)10(19-12(14)15)4-8(7)6-16/h3-4,12H,2,5H2,1H3. The van der Waals surface area contributed by atoms with E-state index in [1.165, 1.54) is 6.07 Å². The monoisotopic (exact) mass is 289 g/mol. The van der Waals surface area contributed by atoms with Crippen molar-refractivity contribution in [3.63, 3.8) is 0 Å². The van der Waals surface area contributed by atoms with Gasteiger partial charge < -0.3 is 9.47 Å². The highest BCUT2D eigenvalue weighted by atomic mass is 35.5. The molecule has 102 valence electrons. The number of hydrogen-bond donors (Lipinski definition) is 0. The van der Waals surface area contributed by atoms with Gasteiger partial charge in [0.05, 0.1) is 29.7 Å². The SMILES string of the molecule is CCOC(=O)Cc1cc(Cl)c(OC(F)F)cc1C#N. The number of rotatable bonds is 5. The van der Waals surface area contributed by atoms with Crippen molar-refractivity contribution >= 4 is 17.6 Å². The first-order valence-corrected chi connectivity index (χ1v) is 5.68. The quantitative estimate of drug-likeness (QED) is 0.782. The number of ether oxygens (including phenoxy) is 2. The normalized spacial score (nSPS) is 10.1. The molecular formula is C12H10ClF2NO3. The van der Waals surface area contributed by atoms with Gasteiger partial charge in [-0.25, -0.2) is 0 Å². The first-order chi connectivity index (χ1) is 8.97. The number of nitriles is 1. The van der Waals surface area contributed by atoms with Gasteiger partial charge in [-0.2, -0.15) is 14.0 Å². The molecule has 1 rings (SSSR count). The Kier molecular flexibility index (Phi) is 5.52. The molecule has 1 aromatic rings. The Labute approximate surface area is 113 Å². The molecule has 0 aromatic heterocycles. The number of alkyl halides is 2. The van der Waals surface area contributed by atoms with E-state index in [1.807, 2.05) is 0 Å². The zero-order valence-electron chi connectivity index (χ0n) is 9.95. The van der Waals surface area contributed by atoms with Crippen molar-refractivity contribution in [3.05, 3.63) is 28.3 Å². The summed E-state index contributed by atoms with van der Waals surface area (Å²) in [5, 5.41) is 8.82. The number of hydrogen-bond acceptors (Lipinski definition) is 4. The van der Waals surface area contributed by atoms with E-state index in [0.29, 0.717) is 5.56 Å². The summed E-state index contributed by atoms with van der Waals surface area (Å²) in [6.07, 6.45) is -0.161. The number of esters is 1. The highest BCUT2D eigenvalue weighted by Crippen LogP contribution is 2.29. The van der Waals surface area contributed by atoms with Crippen LogP contribution in [0.2, 0.25) is 5.02 Å². The van der Waals surface area contributed by atoms with E-state index < -0.39 is 12.6 Å². The third-order valence-electron chi connectivity index (χ3n) is 2.13. The molecule has 0 aliphatic heterocycles. The van der Waals surface area contributed by atoms with Gasteiger partial charge in [-0.3, -0.25) is 4.79 Å². The van der Waals surface area contributed by atoms with Crippen LogP contribution in [0.15, 0.2) is 12.1 Å². The van der Waals surface area contributed by atoms with Gasteiger partial charge in [0.1, 0.15) is 5.75 Å². The van der Waals surface area contributed by atoms with Crippen LogP contribution in [0.5, 0.6) is 5.75 Å². The summed E-state index contributed by atoms with van der Waals surface area (Å²) in [6.45, 7) is -1.18. The molecule has 0 aliphatic carbocycles. The molecule has 1 aromatic carbocycles. The van der Waals surface area contributed by atoms with Gasteiger partial charge in [0.2, 0.25) is 0 Å². The molecule has 4 nitrogen and oxygen atoms in total. The van der Waals surface area contributed by atoms with Gasteiger partial charge in [0, 0.05) is 0 Å². The number of carbonyl (C=O) groups is 1. The van der Waals surface area contributed by atoms with Crippen LogP contribution >= 0.6 is 11.6 Å². The minimum atomic E-state index is -3.04. The molecule has 0 atom stereocenters. The van der Waals surface area contributed by atoms with Crippen LogP contribution in [0.3, 0.4) is 0 Å². The van der Waals surface area contributed by atoms with Gasteiger partial charge in [0.25, 0.3) is 0 Å². The summed E-state index contributed by atoms with van der Waals surface area (Å²) >= 11 is 5.74. The average Bonchev–Trinajstić information content (AvgIpc) is 2.32. The van der Waals surface area contributed by atoms with Crippen molar-refractivity contribution in [1.29, 1.82) is 5.26 Å². The van der Waals surface area contributed by atoms with E-state index in [4.69, 9.17) is 21.6 Å². The van der Waals surface area contributed by atoms with E-state index in [1.54, 1.807) is 13.0 Å². The lowest BCUT2D eigenvalue weighted by Crippen LogP contribution is -2.09. The van der Waals surface area contributed by atoms with Crippen molar-refractivity contribution in [2.24, 2.45) is 0 Å². The summed E-state index contributed by atoms with van der Waals surface area (Å²) in [4.78, 5) is 11.3. The number of benzene rings is 1. The molecule has 0 bridgehead atoms. The maximum absolute atomic E-state index is 12.1. The highest BCUT2D eigenvalue weighted by molar-refractivity contribution is 6.32. The van der Waals surface area contributed by atoms with Gasteiger partial charge in [0.15, 0.2) is 0 Å². The van der Waals surface area contributed by atoms with Crippen LogP contribution < -0.4 is 4.74 Å². The fraction of sp³-hybridized carbons (Fsp3) is 0.333. The third kappa shape index (κ3) is 4.38. The van der Waals surface area contributed by atoms with E-state index in [0.717, 1.165) is 6.07 Å². The molecule has 0 unspecified atom stereocenters. The Hall–Kier alpha value is -1.87. The second kappa shape index (κ2) is 6.90. The van der Waals surface area contributed by atoms with Crippen molar-refractivity contribution in [2.45, 2.75) is 20.0 Å². The van der Waals surface area contributed by atoms with Crippen molar-refractivity contribution in [3.8, 4) is 11.8 Å². The van der Waals surface area contributed by atoms with Crippen LogP contribution in [0, 0.1) is 11.3 Å². The lowest BCUT2D eigenvalue weighted by molar-refractivity contribution is -0.142. The zero-order chi connectivity index (χ0) is 14.4. The number of carbonyl (C=O) groups excluding carboxylic acids is 1. The Bertz CT molecular complexity index is 514. The largest absolute Gasteiger partial charge is 0.466 e. The maximum atomic E-state index is 12.1. The molecular weight excluding hydrogens is 280 g/mol. The molecule has 0 aliphatic rings. The van der Waals surface area contributed by atoms with Crippen LogP contribution in [-0.2, 0) is 16.0 Å². The predicted octanol–water partition coefficient (Wildman–Crippen LogP) is 2.92. The van der Waals surface area contributed by atoms with E-state index in [9.17, 15) is 13.6 Å². The van der Waals surface area contributed by atoms with Gasteiger partial charge >= 0.3 is 12.6 Å². The molecule has 0 spiro atoms. The Balaban J connectivity index is 3.04. The van der Waals surface area contributed by atoms with E-state index >= 15 is 0 Å². The molecule has 0 amide bonds. The highest BCUT2D eigenvalue weighted by Gasteiger charge is 2.15. The summed E-state index contributed by atoms with van der Waals surface area (Å²) in [7, 11) is 0. The Morgan fingerprint density at radius 3 is 2.74 bits per heavy atom.